The molecule has 0 spiro atoms. The molecule has 0 bridgehead atoms. The van der Waals surface area contributed by atoms with Gasteiger partial charge in [-0.2, -0.15) is 0 Å². The van der Waals surface area contributed by atoms with Crippen molar-refractivity contribution in [1.82, 2.24) is 0 Å². The van der Waals surface area contributed by atoms with E-state index in [1.54, 1.807) is 11.8 Å². The molecule has 0 aromatic heterocycles. The molecular weight excluding hydrogens is 164 g/mol. The second-order valence-electron chi connectivity index (χ2n) is 3.25. The second kappa shape index (κ2) is 5.26. The molecule has 0 aliphatic carbocycles. The van der Waals surface area contributed by atoms with E-state index in [0.717, 1.165) is 4.91 Å². The van der Waals surface area contributed by atoms with Crippen LogP contribution in [-0.4, -0.2) is 0 Å². The van der Waals surface area contributed by atoms with E-state index in [-0.39, 0.29) is 0 Å². The maximum absolute atomic E-state index is 3.83. The summed E-state index contributed by atoms with van der Waals surface area (Å²) in [5.41, 5.74) is 4.10. The summed E-state index contributed by atoms with van der Waals surface area (Å²) in [5, 5.41) is 2.16. The Morgan fingerprint density at radius 2 is 1.58 bits per heavy atom. The molecule has 0 saturated carbocycles. The minimum absolute atomic E-state index is 1.14. The molecule has 0 unspecified atom stereocenters. The van der Waals surface area contributed by atoms with Crippen LogP contribution in [0.25, 0.3) is 0 Å². The van der Waals surface area contributed by atoms with Crippen LogP contribution in [0.15, 0.2) is 33.6 Å². The normalized spacial score (nSPS) is 11.2. The van der Waals surface area contributed by atoms with Crippen LogP contribution in [0.3, 0.4) is 0 Å². The number of rotatable bonds is 3. The Labute approximate surface area is 80.4 Å². The van der Waals surface area contributed by atoms with Gasteiger partial charge in [-0.05, 0) is 56.1 Å². The van der Waals surface area contributed by atoms with Crippen molar-refractivity contribution in [3.8, 4) is 0 Å². The molecule has 0 radical (unpaired) electrons. The Bertz CT molecular complexity index is 227. The van der Waals surface area contributed by atoms with Gasteiger partial charge in [0.15, 0.2) is 0 Å². The van der Waals surface area contributed by atoms with Gasteiger partial charge in [0, 0.05) is 0 Å². The monoisotopic (exact) mass is 182 g/mol. The summed E-state index contributed by atoms with van der Waals surface area (Å²) in [6, 6.07) is 0. The summed E-state index contributed by atoms with van der Waals surface area (Å²) in [6.45, 7) is 14.4. The van der Waals surface area contributed by atoms with Gasteiger partial charge in [-0.25, -0.2) is 0 Å². The first-order chi connectivity index (χ1) is 5.45. The van der Waals surface area contributed by atoms with E-state index in [1.165, 1.54) is 16.7 Å². The van der Waals surface area contributed by atoms with Crippen LogP contribution >= 0.6 is 11.8 Å². The van der Waals surface area contributed by atoms with Crippen molar-refractivity contribution >= 4 is 11.8 Å². The van der Waals surface area contributed by atoms with Crippen molar-refractivity contribution in [2.24, 2.45) is 0 Å². The number of thioether (sulfide) groups is 1. The number of hydrogen-bond acceptors (Lipinski definition) is 1. The molecule has 0 aliphatic heterocycles. The van der Waals surface area contributed by atoms with Gasteiger partial charge in [-0.1, -0.05) is 12.2 Å². The topological polar surface area (TPSA) is 0 Å². The molecule has 1 heteroatoms. The lowest BCUT2D eigenvalue weighted by molar-refractivity contribution is 1.23. The highest BCUT2D eigenvalue weighted by atomic mass is 32.2. The first-order valence-corrected chi connectivity index (χ1v) is 4.96. The largest absolute Gasteiger partial charge is 0.103 e. The van der Waals surface area contributed by atoms with E-state index in [1.807, 2.05) is 6.92 Å². The van der Waals surface area contributed by atoms with E-state index in [2.05, 4.69) is 39.7 Å². The van der Waals surface area contributed by atoms with Gasteiger partial charge in [0.2, 0.25) is 0 Å². The summed E-state index contributed by atoms with van der Waals surface area (Å²) in [7, 11) is 0. The molecule has 68 valence electrons. The van der Waals surface area contributed by atoms with E-state index >= 15 is 0 Å². The van der Waals surface area contributed by atoms with Gasteiger partial charge >= 0.3 is 0 Å². The average molecular weight is 182 g/mol. The summed E-state index contributed by atoms with van der Waals surface area (Å²) in [5.74, 6) is 0. The Balaban J connectivity index is 4.39. The molecule has 0 aromatic carbocycles. The van der Waals surface area contributed by atoms with Gasteiger partial charge in [0.25, 0.3) is 0 Å². The molecule has 0 amide bonds. The molecule has 0 atom stereocenters. The summed E-state index contributed by atoms with van der Waals surface area (Å²) >= 11 is 1.69. The highest BCUT2D eigenvalue weighted by Gasteiger charge is 1.94. The fourth-order valence-corrected chi connectivity index (χ4v) is 1.23. The van der Waals surface area contributed by atoms with Gasteiger partial charge in [-0.3, -0.25) is 0 Å². The highest BCUT2D eigenvalue weighted by Crippen LogP contribution is 2.21. The standard InChI is InChI=1S/C11H18S/c1-8(2)11(6)10(5)7-12-9(3)4/h7H,3H2,1-2,4-6H3/b10-7+. The van der Waals surface area contributed by atoms with Crippen molar-refractivity contribution in [2.75, 3.05) is 0 Å². The maximum atomic E-state index is 3.83. The van der Waals surface area contributed by atoms with E-state index < -0.39 is 0 Å². The first kappa shape index (κ1) is 11.6. The molecule has 0 saturated heterocycles. The third-order valence-corrected chi connectivity index (χ3v) is 2.65. The van der Waals surface area contributed by atoms with Crippen LogP contribution in [0.2, 0.25) is 0 Å². The number of hydrogen-bond donors (Lipinski definition) is 0. The molecule has 0 N–H and O–H groups in total. The van der Waals surface area contributed by atoms with Crippen molar-refractivity contribution in [3.05, 3.63) is 33.6 Å². The van der Waals surface area contributed by atoms with Crippen LogP contribution in [0.5, 0.6) is 0 Å². The third-order valence-electron chi connectivity index (χ3n) is 1.78. The molecular formula is C11H18S. The smallest absolute Gasteiger partial charge is 0.0211 e. The van der Waals surface area contributed by atoms with Gasteiger partial charge in [-0.15, -0.1) is 11.8 Å². The molecule has 0 heterocycles. The molecule has 0 rings (SSSR count). The maximum Gasteiger partial charge on any atom is -0.0211 e. The molecule has 0 aliphatic rings. The Kier molecular flexibility index (Phi) is 5.07. The van der Waals surface area contributed by atoms with Crippen molar-refractivity contribution in [1.29, 1.82) is 0 Å². The highest BCUT2D eigenvalue weighted by molar-refractivity contribution is 8.05. The van der Waals surface area contributed by atoms with E-state index in [4.69, 9.17) is 0 Å². The van der Waals surface area contributed by atoms with Crippen molar-refractivity contribution in [3.63, 3.8) is 0 Å². The van der Waals surface area contributed by atoms with Crippen LogP contribution in [0.4, 0.5) is 0 Å². The van der Waals surface area contributed by atoms with E-state index in [9.17, 15) is 0 Å². The summed E-state index contributed by atoms with van der Waals surface area (Å²) < 4.78 is 0. The lowest BCUT2D eigenvalue weighted by Crippen LogP contribution is -1.81. The molecule has 12 heavy (non-hydrogen) atoms. The van der Waals surface area contributed by atoms with Crippen LogP contribution in [0, 0.1) is 0 Å². The molecule has 0 aromatic rings. The fraction of sp³-hybridized carbons (Fsp3) is 0.455. The zero-order chi connectivity index (χ0) is 9.72. The van der Waals surface area contributed by atoms with Gasteiger partial charge < -0.3 is 0 Å². The predicted molar refractivity (Wildman–Crippen MR) is 60.2 cm³/mol. The van der Waals surface area contributed by atoms with Crippen molar-refractivity contribution in [2.45, 2.75) is 34.6 Å². The third kappa shape index (κ3) is 4.45. The van der Waals surface area contributed by atoms with Crippen molar-refractivity contribution < 1.29 is 0 Å². The van der Waals surface area contributed by atoms with Crippen LogP contribution in [0.1, 0.15) is 34.6 Å². The minimum Gasteiger partial charge on any atom is -0.103 e. The van der Waals surface area contributed by atoms with Gasteiger partial charge in [0.05, 0.1) is 0 Å². The number of allylic oxidation sites excluding steroid dienone is 4. The summed E-state index contributed by atoms with van der Waals surface area (Å²) in [6.07, 6.45) is 0. The summed E-state index contributed by atoms with van der Waals surface area (Å²) in [4.78, 5) is 1.14. The molecule has 0 fully saturated rings. The SMILES string of the molecule is C=C(C)S/C=C(\C)C(C)=C(C)C. The van der Waals surface area contributed by atoms with Crippen LogP contribution in [-0.2, 0) is 0 Å². The molecule has 0 nitrogen and oxygen atoms in total. The predicted octanol–water partition coefficient (Wildman–Crippen LogP) is 4.51. The lowest BCUT2D eigenvalue weighted by atomic mass is 10.1. The quantitative estimate of drug-likeness (QED) is 0.578. The van der Waals surface area contributed by atoms with Crippen LogP contribution < -0.4 is 0 Å². The zero-order valence-corrected chi connectivity index (χ0v) is 9.51. The minimum atomic E-state index is 1.14. The lowest BCUT2D eigenvalue weighted by Gasteiger charge is -2.03. The zero-order valence-electron chi connectivity index (χ0n) is 8.69. The Hall–Kier alpha value is -0.430. The second-order valence-corrected chi connectivity index (χ2v) is 4.41. The Morgan fingerprint density at radius 1 is 1.08 bits per heavy atom. The fourth-order valence-electron chi connectivity index (χ4n) is 0.672. The average Bonchev–Trinajstić information content (AvgIpc) is 1.98. The first-order valence-electron chi connectivity index (χ1n) is 4.08. The Morgan fingerprint density at radius 3 is 1.92 bits per heavy atom. The van der Waals surface area contributed by atoms with E-state index in [0.29, 0.717) is 0 Å². The van der Waals surface area contributed by atoms with Gasteiger partial charge in [0.1, 0.15) is 0 Å².